The zero-order valence-corrected chi connectivity index (χ0v) is 13.8. The summed E-state index contributed by atoms with van der Waals surface area (Å²) in [6, 6.07) is 5.14. The molecule has 1 aliphatic rings. The second-order valence-electron chi connectivity index (χ2n) is 5.26. The molecule has 0 bridgehead atoms. The third-order valence-electron chi connectivity index (χ3n) is 3.89. The molecule has 2 N–H and O–H groups in total. The van der Waals surface area contributed by atoms with Crippen LogP contribution in [0.5, 0.6) is 5.75 Å². The summed E-state index contributed by atoms with van der Waals surface area (Å²) in [7, 11) is 0. The van der Waals surface area contributed by atoms with E-state index < -0.39 is 0 Å². The molecule has 0 aromatic heterocycles. The highest BCUT2D eigenvalue weighted by atomic mass is 79.9. The van der Waals surface area contributed by atoms with Crippen molar-refractivity contribution in [2.24, 2.45) is 5.92 Å². The van der Waals surface area contributed by atoms with E-state index in [1.165, 1.54) is 6.08 Å². The number of benzene rings is 1. The van der Waals surface area contributed by atoms with Crippen molar-refractivity contribution in [2.75, 3.05) is 13.1 Å². The Morgan fingerprint density at radius 1 is 1.41 bits per heavy atom. The van der Waals surface area contributed by atoms with Gasteiger partial charge in [0.15, 0.2) is 0 Å². The maximum absolute atomic E-state index is 12.2. The predicted octanol–water partition coefficient (Wildman–Crippen LogP) is 2.20. The second kappa shape index (κ2) is 7.45. The van der Waals surface area contributed by atoms with Crippen LogP contribution in [0.15, 0.2) is 35.3 Å². The fourth-order valence-corrected chi connectivity index (χ4v) is 3.03. The molecule has 0 radical (unpaired) electrons. The molecule has 22 heavy (non-hydrogen) atoms. The maximum atomic E-state index is 12.2. The third-order valence-corrected chi connectivity index (χ3v) is 4.63. The van der Waals surface area contributed by atoms with Gasteiger partial charge in [0.1, 0.15) is 5.75 Å². The van der Waals surface area contributed by atoms with E-state index in [9.17, 15) is 14.7 Å². The number of halogens is 1. The van der Waals surface area contributed by atoms with E-state index in [0.29, 0.717) is 31.5 Å². The van der Waals surface area contributed by atoms with Crippen LogP contribution in [0.25, 0.3) is 0 Å². The Balaban J connectivity index is 1.86. The summed E-state index contributed by atoms with van der Waals surface area (Å²) in [4.78, 5) is 25.4. The lowest BCUT2D eigenvalue weighted by Gasteiger charge is -2.30. The fraction of sp³-hybridized carbons (Fsp3) is 0.375. The molecule has 1 fully saturated rings. The molecule has 5 nitrogen and oxygen atoms in total. The molecule has 0 atom stereocenters. The van der Waals surface area contributed by atoms with Crippen LogP contribution in [0.2, 0.25) is 0 Å². The first kappa shape index (κ1) is 16.5. The van der Waals surface area contributed by atoms with Crippen LogP contribution in [0.4, 0.5) is 0 Å². The van der Waals surface area contributed by atoms with Crippen LogP contribution in [-0.2, 0) is 16.1 Å². The minimum atomic E-state index is -0.0986. The molecular formula is C16H19BrN2O3. The van der Waals surface area contributed by atoms with Gasteiger partial charge in [-0.05, 0) is 31.1 Å². The summed E-state index contributed by atoms with van der Waals surface area (Å²) in [6.07, 6.45) is 2.59. The molecule has 6 heteroatoms. The number of carbonyl (C=O) groups excluding carboxylic acids is 2. The Morgan fingerprint density at radius 3 is 2.68 bits per heavy atom. The van der Waals surface area contributed by atoms with Crippen molar-refractivity contribution in [2.45, 2.75) is 19.4 Å². The van der Waals surface area contributed by atoms with Gasteiger partial charge in [0, 0.05) is 35.6 Å². The van der Waals surface area contributed by atoms with Crippen molar-refractivity contribution >= 4 is 27.7 Å². The van der Waals surface area contributed by atoms with Gasteiger partial charge in [-0.1, -0.05) is 28.6 Å². The van der Waals surface area contributed by atoms with Crippen molar-refractivity contribution in [3.8, 4) is 5.75 Å². The molecule has 1 aliphatic heterocycles. The molecule has 0 aliphatic carbocycles. The van der Waals surface area contributed by atoms with Gasteiger partial charge in [-0.2, -0.15) is 0 Å². The van der Waals surface area contributed by atoms with E-state index in [2.05, 4.69) is 27.8 Å². The molecule has 1 aromatic carbocycles. The normalized spacial score (nSPS) is 15.4. The number of hydrogen-bond acceptors (Lipinski definition) is 3. The van der Waals surface area contributed by atoms with Gasteiger partial charge >= 0.3 is 0 Å². The number of amides is 2. The molecule has 0 unspecified atom stereocenters. The van der Waals surface area contributed by atoms with Gasteiger partial charge in [-0.3, -0.25) is 9.59 Å². The molecule has 118 valence electrons. The molecule has 0 saturated carbocycles. The zero-order chi connectivity index (χ0) is 16.1. The van der Waals surface area contributed by atoms with Crippen LogP contribution < -0.4 is 5.32 Å². The molecule has 2 amide bonds. The molecule has 2 rings (SSSR count). The SMILES string of the molecule is C=CC(=O)N1CCC(C(=O)NCc2c(O)cccc2Br)CC1. The van der Waals surface area contributed by atoms with Crippen LogP contribution in [0.3, 0.4) is 0 Å². The van der Waals surface area contributed by atoms with Gasteiger partial charge in [0.05, 0.1) is 0 Å². The monoisotopic (exact) mass is 366 g/mol. The number of carbonyl (C=O) groups is 2. The topological polar surface area (TPSA) is 69.6 Å². The summed E-state index contributed by atoms with van der Waals surface area (Å²) in [5.74, 6) is -0.0718. The average Bonchev–Trinajstić information content (AvgIpc) is 2.53. The van der Waals surface area contributed by atoms with Crippen molar-refractivity contribution < 1.29 is 14.7 Å². The van der Waals surface area contributed by atoms with Gasteiger partial charge in [0.2, 0.25) is 11.8 Å². The first-order chi connectivity index (χ1) is 10.5. The van der Waals surface area contributed by atoms with Crippen molar-refractivity contribution in [3.63, 3.8) is 0 Å². The van der Waals surface area contributed by atoms with Gasteiger partial charge in [-0.25, -0.2) is 0 Å². The molecule has 1 heterocycles. The van der Waals surface area contributed by atoms with E-state index in [1.54, 1.807) is 17.0 Å². The number of hydrogen-bond donors (Lipinski definition) is 2. The van der Waals surface area contributed by atoms with E-state index in [4.69, 9.17) is 0 Å². The lowest BCUT2D eigenvalue weighted by atomic mass is 9.95. The highest BCUT2D eigenvalue weighted by Gasteiger charge is 2.26. The van der Waals surface area contributed by atoms with Crippen molar-refractivity contribution in [3.05, 3.63) is 40.9 Å². The van der Waals surface area contributed by atoms with E-state index in [1.807, 2.05) is 6.07 Å². The van der Waals surface area contributed by atoms with E-state index in [-0.39, 0.29) is 30.0 Å². The number of rotatable bonds is 4. The minimum absolute atomic E-state index is 0.0409. The Hall–Kier alpha value is -1.82. The standard InChI is InChI=1S/C16H19BrN2O3/c1-2-15(21)19-8-6-11(7-9-19)16(22)18-10-12-13(17)4-3-5-14(12)20/h2-5,11,20H,1,6-10H2,(H,18,22). The largest absolute Gasteiger partial charge is 0.508 e. The molecular weight excluding hydrogens is 348 g/mol. The number of phenolic OH excluding ortho intramolecular Hbond substituents is 1. The molecule has 1 saturated heterocycles. The quantitative estimate of drug-likeness (QED) is 0.802. The summed E-state index contributed by atoms with van der Waals surface area (Å²) < 4.78 is 0.763. The number of likely N-dealkylation sites (tertiary alicyclic amines) is 1. The number of nitrogens with one attached hydrogen (secondary N) is 1. The Labute approximate surface area is 138 Å². The second-order valence-corrected chi connectivity index (χ2v) is 6.11. The van der Waals surface area contributed by atoms with Crippen LogP contribution in [0, 0.1) is 5.92 Å². The Morgan fingerprint density at radius 2 is 2.09 bits per heavy atom. The molecule has 0 spiro atoms. The van der Waals surface area contributed by atoms with Crippen LogP contribution in [-0.4, -0.2) is 34.9 Å². The smallest absolute Gasteiger partial charge is 0.245 e. The third kappa shape index (κ3) is 3.88. The number of phenols is 1. The average molecular weight is 367 g/mol. The number of aromatic hydroxyl groups is 1. The van der Waals surface area contributed by atoms with Gasteiger partial charge in [0.25, 0.3) is 0 Å². The lowest BCUT2D eigenvalue weighted by molar-refractivity contribution is -0.132. The van der Waals surface area contributed by atoms with Crippen LogP contribution >= 0.6 is 15.9 Å². The zero-order valence-electron chi connectivity index (χ0n) is 12.2. The Bertz CT molecular complexity index is 561. The van der Waals surface area contributed by atoms with Gasteiger partial charge < -0.3 is 15.3 Å². The first-order valence-corrected chi connectivity index (χ1v) is 7.97. The summed E-state index contributed by atoms with van der Waals surface area (Å²) in [5.41, 5.74) is 0.662. The summed E-state index contributed by atoms with van der Waals surface area (Å²) in [5, 5.41) is 12.7. The minimum Gasteiger partial charge on any atom is -0.508 e. The lowest BCUT2D eigenvalue weighted by Crippen LogP contribution is -2.42. The fourth-order valence-electron chi connectivity index (χ4n) is 2.53. The molecule has 1 aromatic rings. The summed E-state index contributed by atoms with van der Waals surface area (Å²) in [6.45, 7) is 4.89. The first-order valence-electron chi connectivity index (χ1n) is 7.18. The van der Waals surface area contributed by atoms with E-state index >= 15 is 0 Å². The van der Waals surface area contributed by atoms with Crippen molar-refractivity contribution in [1.29, 1.82) is 0 Å². The van der Waals surface area contributed by atoms with Crippen molar-refractivity contribution in [1.82, 2.24) is 10.2 Å². The predicted molar refractivity (Wildman–Crippen MR) is 87.2 cm³/mol. The Kier molecular flexibility index (Phi) is 5.60. The number of nitrogens with zero attached hydrogens (tertiary/aromatic N) is 1. The summed E-state index contributed by atoms with van der Waals surface area (Å²) >= 11 is 3.36. The number of piperidine rings is 1. The highest BCUT2D eigenvalue weighted by molar-refractivity contribution is 9.10. The highest BCUT2D eigenvalue weighted by Crippen LogP contribution is 2.25. The maximum Gasteiger partial charge on any atom is 0.245 e. The van der Waals surface area contributed by atoms with E-state index in [0.717, 1.165) is 4.47 Å². The van der Waals surface area contributed by atoms with Crippen LogP contribution in [0.1, 0.15) is 18.4 Å². The van der Waals surface area contributed by atoms with Gasteiger partial charge in [-0.15, -0.1) is 0 Å².